The average Bonchev–Trinajstić information content (AvgIpc) is 3.03. The summed E-state index contributed by atoms with van der Waals surface area (Å²) in [5, 5.41) is 2.97. The van der Waals surface area contributed by atoms with Crippen LogP contribution in [0.2, 0.25) is 0 Å². The molecule has 122 valence electrons. The van der Waals surface area contributed by atoms with E-state index in [9.17, 15) is 9.59 Å². The number of anilines is 2. The van der Waals surface area contributed by atoms with Gasteiger partial charge in [0.2, 0.25) is 5.91 Å². The zero-order valence-corrected chi connectivity index (χ0v) is 13.5. The molecule has 0 unspecified atom stereocenters. The summed E-state index contributed by atoms with van der Waals surface area (Å²) >= 11 is 0. The predicted molar refractivity (Wildman–Crippen MR) is 91.8 cm³/mol. The Kier molecular flexibility index (Phi) is 3.49. The molecule has 0 atom stereocenters. The number of rotatable bonds is 3. The lowest BCUT2D eigenvalue weighted by molar-refractivity contribution is -0.118. The SMILES string of the molecule is COc1cccc(C(=O)Nc2cc3c4c(c2)CCN4C(=O)CC3)c1. The van der Waals surface area contributed by atoms with Gasteiger partial charge in [0.25, 0.3) is 5.91 Å². The molecule has 24 heavy (non-hydrogen) atoms. The van der Waals surface area contributed by atoms with Crippen LogP contribution >= 0.6 is 0 Å². The molecular weight excluding hydrogens is 304 g/mol. The fourth-order valence-corrected chi connectivity index (χ4v) is 3.50. The highest BCUT2D eigenvalue weighted by atomic mass is 16.5. The standard InChI is InChI=1S/C19H18N2O3/c1-24-16-4-2-3-14(11-16)19(23)20-15-9-12-5-6-17(22)21-8-7-13(10-15)18(12)21/h2-4,9-11H,5-8H2,1H3,(H,20,23). The maximum Gasteiger partial charge on any atom is 0.255 e. The van der Waals surface area contributed by atoms with Crippen molar-refractivity contribution in [3.63, 3.8) is 0 Å². The van der Waals surface area contributed by atoms with Gasteiger partial charge in [-0.1, -0.05) is 6.07 Å². The number of hydrogen-bond donors (Lipinski definition) is 1. The number of nitrogens with zero attached hydrogens (tertiary/aromatic N) is 1. The fourth-order valence-electron chi connectivity index (χ4n) is 3.50. The molecule has 0 fully saturated rings. The lowest BCUT2D eigenvalue weighted by Crippen LogP contribution is -2.32. The lowest BCUT2D eigenvalue weighted by Gasteiger charge is -2.25. The van der Waals surface area contributed by atoms with Crippen LogP contribution in [-0.4, -0.2) is 25.5 Å². The van der Waals surface area contributed by atoms with Crippen molar-refractivity contribution in [1.29, 1.82) is 0 Å². The highest BCUT2D eigenvalue weighted by Crippen LogP contribution is 2.38. The molecule has 0 saturated heterocycles. The third-order valence-corrected chi connectivity index (χ3v) is 4.64. The van der Waals surface area contributed by atoms with Gasteiger partial charge in [-0.2, -0.15) is 0 Å². The first kappa shape index (κ1) is 14.8. The van der Waals surface area contributed by atoms with Crippen molar-refractivity contribution in [3.05, 3.63) is 53.1 Å². The molecule has 2 aromatic rings. The van der Waals surface area contributed by atoms with E-state index in [1.54, 1.807) is 25.3 Å². The highest BCUT2D eigenvalue weighted by molar-refractivity contribution is 6.05. The minimum atomic E-state index is -0.164. The Balaban J connectivity index is 1.62. The zero-order chi connectivity index (χ0) is 16.7. The summed E-state index contributed by atoms with van der Waals surface area (Å²) in [5.41, 5.74) is 4.69. The van der Waals surface area contributed by atoms with Gasteiger partial charge in [0.05, 0.1) is 12.8 Å². The molecular formula is C19H18N2O3. The highest BCUT2D eigenvalue weighted by Gasteiger charge is 2.31. The topological polar surface area (TPSA) is 58.6 Å². The van der Waals surface area contributed by atoms with Crippen LogP contribution in [0.3, 0.4) is 0 Å². The Morgan fingerprint density at radius 1 is 1.12 bits per heavy atom. The maximum atomic E-state index is 12.5. The van der Waals surface area contributed by atoms with Gasteiger partial charge < -0.3 is 15.0 Å². The van der Waals surface area contributed by atoms with Crippen LogP contribution in [0.5, 0.6) is 5.75 Å². The number of carbonyl (C=O) groups is 2. The summed E-state index contributed by atoms with van der Waals surface area (Å²) < 4.78 is 5.16. The Bertz CT molecular complexity index is 845. The van der Waals surface area contributed by atoms with Gasteiger partial charge in [-0.3, -0.25) is 9.59 Å². The molecule has 0 aliphatic carbocycles. The second kappa shape index (κ2) is 5.67. The molecule has 5 nitrogen and oxygen atoms in total. The van der Waals surface area contributed by atoms with Crippen LogP contribution in [0.25, 0.3) is 0 Å². The minimum Gasteiger partial charge on any atom is -0.497 e. The van der Waals surface area contributed by atoms with Gasteiger partial charge in [0.1, 0.15) is 5.75 Å². The third kappa shape index (κ3) is 2.42. The monoisotopic (exact) mass is 322 g/mol. The molecule has 2 amide bonds. The van der Waals surface area contributed by atoms with Gasteiger partial charge in [0.15, 0.2) is 0 Å². The molecule has 1 N–H and O–H groups in total. The van der Waals surface area contributed by atoms with Crippen LogP contribution < -0.4 is 15.0 Å². The third-order valence-electron chi connectivity index (χ3n) is 4.64. The molecule has 2 aliphatic heterocycles. The lowest BCUT2D eigenvalue weighted by atomic mass is 9.98. The van der Waals surface area contributed by atoms with E-state index in [-0.39, 0.29) is 11.8 Å². The molecule has 2 aliphatic rings. The molecule has 0 radical (unpaired) electrons. The number of amides is 2. The molecule has 2 heterocycles. The van der Waals surface area contributed by atoms with E-state index >= 15 is 0 Å². The quantitative estimate of drug-likeness (QED) is 0.945. The summed E-state index contributed by atoms with van der Waals surface area (Å²) in [6, 6.07) is 11.0. The number of nitrogens with one attached hydrogen (secondary N) is 1. The average molecular weight is 322 g/mol. The van der Waals surface area contributed by atoms with Crippen molar-refractivity contribution in [1.82, 2.24) is 0 Å². The first-order valence-corrected chi connectivity index (χ1v) is 8.07. The van der Waals surface area contributed by atoms with Crippen molar-refractivity contribution in [2.24, 2.45) is 0 Å². The van der Waals surface area contributed by atoms with E-state index in [2.05, 4.69) is 5.32 Å². The molecule has 4 rings (SSSR count). The van der Waals surface area contributed by atoms with E-state index < -0.39 is 0 Å². The van der Waals surface area contributed by atoms with Gasteiger partial charge >= 0.3 is 0 Å². The van der Waals surface area contributed by atoms with Crippen LogP contribution in [0.4, 0.5) is 11.4 Å². The van der Waals surface area contributed by atoms with E-state index in [0.29, 0.717) is 17.7 Å². The maximum absolute atomic E-state index is 12.5. The normalized spacial score (nSPS) is 15.2. The van der Waals surface area contributed by atoms with Crippen molar-refractivity contribution >= 4 is 23.2 Å². The first-order chi connectivity index (χ1) is 11.7. The zero-order valence-electron chi connectivity index (χ0n) is 13.5. The summed E-state index contributed by atoms with van der Waals surface area (Å²) in [4.78, 5) is 26.3. The number of methoxy groups -OCH3 is 1. The summed E-state index contributed by atoms with van der Waals surface area (Å²) in [6.07, 6.45) is 2.12. The molecule has 0 bridgehead atoms. The smallest absolute Gasteiger partial charge is 0.255 e. The number of carbonyl (C=O) groups excluding carboxylic acids is 2. The minimum absolute atomic E-state index is 0.164. The molecule has 2 aromatic carbocycles. The Hall–Kier alpha value is -2.82. The molecule has 0 spiro atoms. The second-order valence-corrected chi connectivity index (χ2v) is 6.12. The van der Waals surface area contributed by atoms with Crippen LogP contribution in [0.1, 0.15) is 27.9 Å². The van der Waals surface area contributed by atoms with Gasteiger partial charge in [-0.05, 0) is 54.3 Å². The summed E-state index contributed by atoms with van der Waals surface area (Å²) in [6.45, 7) is 0.744. The van der Waals surface area contributed by atoms with E-state index in [1.165, 1.54) is 0 Å². The molecule has 5 heteroatoms. The van der Waals surface area contributed by atoms with E-state index in [0.717, 1.165) is 41.9 Å². The first-order valence-electron chi connectivity index (χ1n) is 8.07. The number of aryl methyl sites for hydroxylation is 1. The number of hydrogen-bond acceptors (Lipinski definition) is 3. The predicted octanol–water partition coefficient (Wildman–Crippen LogP) is 2.78. The van der Waals surface area contributed by atoms with Crippen molar-refractivity contribution in [2.75, 3.05) is 23.9 Å². The van der Waals surface area contributed by atoms with Crippen molar-refractivity contribution < 1.29 is 14.3 Å². The molecule has 0 saturated carbocycles. The van der Waals surface area contributed by atoms with Gasteiger partial charge in [0, 0.05) is 24.2 Å². The van der Waals surface area contributed by atoms with E-state index in [4.69, 9.17) is 4.74 Å². The largest absolute Gasteiger partial charge is 0.497 e. The number of benzene rings is 2. The Labute approximate surface area is 140 Å². The Morgan fingerprint density at radius 2 is 1.92 bits per heavy atom. The van der Waals surface area contributed by atoms with Crippen LogP contribution in [0.15, 0.2) is 36.4 Å². The van der Waals surface area contributed by atoms with Crippen molar-refractivity contribution in [3.8, 4) is 5.75 Å². The van der Waals surface area contributed by atoms with Crippen LogP contribution in [-0.2, 0) is 17.6 Å². The summed E-state index contributed by atoms with van der Waals surface area (Å²) in [7, 11) is 1.58. The Morgan fingerprint density at radius 3 is 2.71 bits per heavy atom. The van der Waals surface area contributed by atoms with Crippen LogP contribution in [0, 0.1) is 0 Å². The summed E-state index contributed by atoms with van der Waals surface area (Å²) in [5.74, 6) is 0.693. The molecule has 0 aromatic heterocycles. The van der Waals surface area contributed by atoms with E-state index in [1.807, 2.05) is 23.1 Å². The van der Waals surface area contributed by atoms with Gasteiger partial charge in [-0.15, -0.1) is 0 Å². The second-order valence-electron chi connectivity index (χ2n) is 6.12. The van der Waals surface area contributed by atoms with Crippen molar-refractivity contribution in [2.45, 2.75) is 19.3 Å². The number of ether oxygens (including phenoxy) is 1. The van der Waals surface area contributed by atoms with Gasteiger partial charge in [-0.25, -0.2) is 0 Å². The fraction of sp³-hybridized carbons (Fsp3) is 0.263.